The third kappa shape index (κ3) is 3.93. The molecule has 2 aliphatic heterocycles. The summed E-state index contributed by atoms with van der Waals surface area (Å²) in [6, 6.07) is 59.9. The summed E-state index contributed by atoms with van der Waals surface area (Å²) in [5.41, 5.74) is 16.4. The van der Waals surface area contributed by atoms with E-state index in [4.69, 9.17) is 0 Å². The number of hydrogen-bond donors (Lipinski definition) is 0. The summed E-state index contributed by atoms with van der Waals surface area (Å²) < 4.78 is 2.41. The Hall–Kier alpha value is -6.06. The molecule has 3 nitrogen and oxygen atoms in total. The SMILES string of the molecule is c1ccc(N2c3ccccc3Cc3c4ccc2c3CN(c2cccc(-n3c5ccccc5c5ccccc53)c2)c2ccccc2-4)cc1. The number of benzene rings is 7. The molecule has 3 heteroatoms. The van der Waals surface area contributed by atoms with Crippen LogP contribution in [-0.4, -0.2) is 4.57 Å². The molecule has 1 aromatic heterocycles. The van der Waals surface area contributed by atoms with E-state index in [2.05, 4.69) is 178 Å². The van der Waals surface area contributed by atoms with Crippen molar-refractivity contribution in [3.8, 4) is 16.8 Å². The number of anilines is 5. The predicted molar refractivity (Wildman–Crippen MR) is 196 cm³/mol. The van der Waals surface area contributed by atoms with Gasteiger partial charge in [-0.2, -0.15) is 0 Å². The van der Waals surface area contributed by atoms with E-state index in [1.165, 1.54) is 78.1 Å². The van der Waals surface area contributed by atoms with Crippen LogP contribution < -0.4 is 9.80 Å². The second-order valence-electron chi connectivity index (χ2n) is 12.6. The lowest BCUT2D eigenvalue weighted by Gasteiger charge is -2.30. The maximum Gasteiger partial charge on any atom is 0.0541 e. The summed E-state index contributed by atoms with van der Waals surface area (Å²) >= 11 is 0. The van der Waals surface area contributed by atoms with Crippen molar-refractivity contribution < 1.29 is 0 Å². The van der Waals surface area contributed by atoms with Gasteiger partial charge in [0.2, 0.25) is 0 Å². The van der Waals surface area contributed by atoms with E-state index in [0.29, 0.717) is 0 Å². The first-order valence-corrected chi connectivity index (χ1v) is 16.4. The van der Waals surface area contributed by atoms with Crippen molar-refractivity contribution in [3.63, 3.8) is 0 Å². The smallest absolute Gasteiger partial charge is 0.0541 e. The fourth-order valence-electron chi connectivity index (χ4n) is 7.99. The summed E-state index contributed by atoms with van der Waals surface area (Å²) in [7, 11) is 0. The van der Waals surface area contributed by atoms with E-state index in [1.54, 1.807) is 0 Å². The molecule has 0 unspecified atom stereocenters. The average Bonchev–Trinajstić information content (AvgIpc) is 3.39. The van der Waals surface area contributed by atoms with E-state index in [1.807, 2.05) is 0 Å². The standard InChI is InChI=1S/C44H31N3/c1-2-14-31(15-3-1)46-40-21-8-4-13-30(40)27-38-34-25-26-44(46)39(38)29-45(41-22-9-5-18-35(34)41)32-16-12-17-33(28-32)47-42-23-10-6-19-36(42)37-20-7-11-24-43(37)47/h1-26,28H,27,29H2. The van der Waals surface area contributed by atoms with Gasteiger partial charge in [0.05, 0.1) is 23.3 Å². The largest absolute Gasteiger partial charge is 0.336 e. The maximum atomic E-state index is 2.53. The molecule has 4 bridgehead atoms. The molecule has 0 fully saturated rings. The summed E-state index contributed by atoms with van der Waals surface area (Å²) in [6.07, 6.45) is 0.890. The maximum absolute atomic E-state index is 2.53. The van der Waals surface area contributed by atoms with Crippen molar-refractivity contribution >= 4 is 50.2 Å². The van der Waals surface area contributed by atoms with Crippen LogP contribution in [-0.2, 0) is 13.0 Å². The Morgan fingerprint density at radius 2 is 1.04 bits per heavy atom. The second kappa shape index (κ2) is 10.2. The van der Waals surface area contributed by atoms with Crippen LogP contribution in [0.3, 0.4) is 0 Å². The molecule has 0 atom stereocenters. The van der Waals surface area contributed by atoms with Crippen molar-refractivity contribution in [1.29, 1.82) is 0 Å². The molecule has 10 rings (SSSR count). The molecule has 0 radical (unpaired) electrons. The van der Waals surface area contributed by atoms with Crippen molar-refractivity contribution in [2.75, 3.05) is 9.80 Å². The van der Waals surface area contributed by atoms with Crippen LogP contribution in [0, 0.1) is 0 Å². The van der Waals surface area contributed by atoms with Crippen LogP contribution in [0.4, 0.5) is 28.4 Å². The minimum Gasteiger partial charge on any atom is -0.336 e. The zero-order chi connectivity index (χ0) is 30.9. The molecule has 0 saturated carbocycles. The van der Waals surface area contributed by atoms with Gasteiger partial charge in [0.15, 0.2) is 0 Å². The van der Waals surface area contributed by atoms with E-state index in [9.17, 15) is 0 Å². The van der Waals surface area contributed by atoms with E-state index < -0.39 is 0 Å². The van der Waals surface area contributed by atoms with Gasteiger partial charge in [-0.25, -0.2) is 0 Å². The third-order valence-corrected chi connectivity index (χ3v) is 10.0. The highest BCUT2D eigenvalue weighted by Gasteiger charge is 2.31. The Balaban J connectivity index is 1.19. The van der Waals surface area contributed by atoms with Crippen LogP contribution in [0.1, 0.15) is 16.7 Å². The minimum atomic E-state index is 0.767. The fourth-order valence-corrected chi connectivity index (χ4v) is 7.99. The first-order valence-electron chi connectivity index (χ1n) is 16.4. The average molecular weight is 602 g/mol. The minimum absolute atomic E-state index is 0.767. The number of para-hydroxylation sites is 5. The van der Waals surface area contributed by atoms with Crippen LogP contribution >= 0.6 is 0 Å². The van der Waals surface area contributed by atoms with Crippen molar-refractivity contribution in [3.05, 3.63) is 180 Å². The monoisotopic (exact) mass is 601 g/mol. The Kier molecular flexibility index (Phi) is 5.70. The molecule has 0 saturated heterocycles. The van der Waals surface area contributed by atoms with Gasteiger partial charge in [0.1, 0.15) is 0 Å². The number of aromatic nitrogens is 1. The molecule has 8 aromatic rings. The number of hydrogen-bond acceptors (Lipinski definition) is 2. The number of rotatable bonds is 3. The predicted octanol–water partition coefficient (Wildman–Crippen LogP) is 11.5. The van der Waals surface area contributed by atoms with Gasteiger partial charge in [-0.05, 0) is 77.4 Å². The molecule has 3 heterocycles. The molecule has 0 spiro atoms. The third-order valence-electron chi connectivity index (χ3n) is 10.0. The van der Waals surface area contributed by atoms with Gasteiger partial charge in [0, 0.05) is 56.8 Å². The summed E-state index contributed by atoms with van der Waals surface area (Å²) in [5, 5.41) is 2.55. The second-order valence-corrected chi connectivity index (χ2v) is 12.6. The van der Waals surface area contributed by atoms with Crippen LogP contribution in [0.25, 0.3) is 38.6 Å². The number of nitrogens with zero attached hydrogens (tertiary/aromatic N) is 3. The van der Waals surface area contributed by atoms with Crippen molar-refractivity contribution in [1.82, 2.24) is 4.57 Å². The zero-order valence-electron chi connectivity index (χ0n) is 25.8. The molecule has 0 N–H and O–H groups in total. The van der Waals surface area contributed by atoms with Gasteiger partial charge in [0.25, 0.3) is 0 Å². The molecule has 0 amide bonds. The van der Waals surface area contributed by atoms with Crippen molar-refractivity contribution in [2.45, 2.75) is 13.0 Å². The van der Waals surface area contributed by atoms with Gasteiger partial charge >= 0.3 is 0 Å². The van der Waals surface area contributed by atoms with Crippen LogP contribution in [0.15, 0.2) is 164 Å². The molecule has 2 aliphatic rings. The highest BCUT2D eigenvalue weighted by Crippen LogP contribution is 2.51. The Bertz CT molecular complexity index is 2440. The van der Waals surface area contributed by atoms with E-state index >= 15 is 0 Å². The van der Waals surface area contributed by atoms with E-state index in [-0.39, 0.29) is 0 Å². The lowest BCUT2D eigenvalue weighted by molar-refractivity contribution is 0.965. The van der Waals surface area contributed by atoms with Gasteiger partial charge in [-0.15, -0.1) is 0 Å². The highest BCUT2D eigenvalue weighted by molar-refractivity contribution is 6.09. The molecule has 7 aromatic carbocycles. The quantitative estimate of drug-likeness (QED) is 0.200. The van der Waals surface area contributed by atoms with Gasteiger partial charge in [-0.1, -0.05) is 103 Å². The normalized spacial score (nSPS) is 13.3. The van der Waals surface area contributed by atoms with Gasteiger partial charge < -0.3 is 14.4 Å². The Morgan fingerprint density at radius 1 is 0.404 bits per heavy atom. The summed E-state index contributed by atoms with van der Waals surface area (Å²) in [6.45, 7) is 0.767. The molecule has 222 valence electrons. The topological polar surface area (TPSA) is 11.4 Å². The Labute approximate surface area is 274 Å². The van der Waals surface area contributed by atoms with Crippen molar-refractivity contribution in [2.24, 2.45) is 0 Å². The first-order chi connectivity index (χ1) is 23.3. The lowest BCUT2D eigenvalue weighted by atomic mass is 9.91. The molecule has 47 heavy (non-hydrogen) atoms. The number of fused-ring (bicyclic) bond motifs is 6. The lowest BCUT2D eigenvalue weighted by Crippen LogP contribution is -2.19. The fraction of sp³-hybridized carbons (Fsp3) is 0.0455. The summed E-state index contributed by atoms with van der Waals surface area (Å²) in [4.78, 5) is 4.99. The van der Waals surface area contributed by atoms with Crippen LogP contribution in [0.2, 0.25) is 0 Å². The first kappa shape index (κ1) is 26.2. The molecular formula is C44H31N3. The molecular weight excluding hydrogens is 571 g/mol. The van der Waals surface area contributed by atoms with Crippen LogP contribution in [0.5, 0.6) is 0 Å². The molecule has 0 aliphatic carbocycles. The highest BCUT2D eigenvalue weighted by atomic mass is 15.2. The summed E-state index contributed by atoms with van der Waals surface area (Å²) in [5.74, 6) is 0. The zero-order valence-corrected chi connectivity index (χ0v) is 25.8. The van der Waals surface area contributed by atoms with E-state index in [0.717, 1.165) is 18.7 Å². The van der Waals surface area contributed by atoms with Gasteiger partial charge in [-0.3, -0.25) is 0 Å². The Morgan fingerprint density at radius 3 is 1.85 bits per heavy atom.